The molecule has 0 atom stereocenters. The summed E-state index contributed by atoms with van der Waals surface area (Å²) in [7, 11) is 1.79. The fourth-order valence-corrected chi connectivity index (χ4v) is 2.89. The minimum atomic E-state index is -0.105. The average Bonchev–Trinajstić information content (AvgIpc) is 3.34. The Balaban J connectivity index is 1.43. The molecular weight excluding hydrogens is 324 g/mol. The molecule has 0 aliphatic heterocycles. The molecule has 24 heavy (non-hydrogen) atoms. The van der Waals surface area contributed by atoms with Crippen molar-refractivity contribution in [2.75, 3.05) is 19.8 Å². The van der Waals surface area contributed by atoms with Gasteiger partial charge in [-0.1, -0.05) is 17.3 Å². The van der Waals surface area contributed by atoms with Crippen LogP contribution in [0.25, 0.3) is 0 Å². The fraction of sp³-hybridized carbons (Fsp3) is 0.471. The van der Waals surface area contributed by atoms with Gasteiger partial charge in [0.05, 0.1) is 0 Å². The van der Waals surface area contributed by atoms with Gasteiger partial charge in [-0.3, -0.25) is 0 Å². The van der Waals surface area contributed by atoms with Gasteiger partial charge in [-0.25, -0.2) is 4.79 Å². The first-order chi connectivity index (χ1) is 11.7. The van der Waals surface area contributed by atoms with Crippen LogP contribution < -0.4 is 5.32 Å². The SMILES string of the molecule is CSc1cccc(CN(C)C(=O)NCCc2nc(C3CC3)no2)c1. The van der Waals surface area contributed by atoms with Crippen molar-refractivity contribution in [2.24, 2.45) is 0 Å². The first kappa shape index (κ1) is 16.8. The summed E-state index contributed by atoms with van der Waals surface area (Å²) in [6.07, 6.45) is 4.90. The number of thioether (sulfide) groups is 1. The first-order valence-electron chi connectivity index (χ1n) is 8.10. The Kier molecular flexibility index (Phi) is 5.40. The Morgan fingerprint density at radius 3 is 3.04 bits per heavy atom. The number of rotatable bonds is 7. The molecule has 0 saturated heterocycles. The van der Waals surface area contributed by atoms with E-state index in [9.17, 15) is 4.79 Å². The Bertz CT molecular complexity index is 699. The number of carbonyl (C=O) groups excluding carboxylic acids is 1. The van der Waals surface area contributed by atoms with Crippen LogP contribution in [0.15, 0.2) is 33.7 Å². The molecule has 1 aromatic heterocycles. The number of aromatic nitrogens is 2. The molecule has 1 aliphatic carbocycles. The van der Waals surface area contributed by atoms with Crippen LogP contribution >= 0.6 is 11.8 Å². The molecule has 1 aromatic carbocycles. The van der Waals surface area contributed by atoms with Crippen molar-refractivity contribution in [3.05, 3.63) is 41.5 Å². The number of benzene rings is 1. The molecule has 1 fully saturated rings. The lowest BCUT2D eigenvalue weighted by molar-refractivity contribution is 0.206. The zero-order valence-corrected chi connectivity index (χ0v) is 14.8. The number of carbonyl (C=O) groups is 1. The van der Waals surface area contributed by atoms with Crippen LogP contribution in [0, 0.1) is 0 Å². The van der Waals surface area contributed by atoms with E-state index in [1.165, 1.54) is 4.90 Å². The van der Waals surface area contributed by atoms with Gasteiger partial charge < -0.3 is 14.7 Å². The second-order valence-corrected chi connectivity index (χ2v) is 6.89. The molecule has 0 spiro atoms. The molecule has 1 heterocycles. The van der Waals surface area contributed by atoms with Crippen molar-refractivity contribution in [1.29, 1.82) is 0 Å². The normalized spacial score (nSPS) is 13.8. The van der Waals surface area contributed by atoms with Gasteiger partial charge in [0.2, 0.25) is 5.89 Å². The Labute approximate surface area is 146 Å². The van der Waals surface area contributed by atoms with Crippen molar-refractivity contribution in [3.63, 3.8) is 0 Å². The highest BCUT2D eigenvalue weighted by Gasteiger charge is 2.28. The topological polar surface area (TPSA) is 71.3 Å². The van der Waals surface area contributed by atoms with E-state index in [0.29, 0.717) is 31.3 Å². The number of nitrogens with zero attached hydrogens (tertiary/aromatic N) is 3. The van der Waals surface area contributed by atoms with E-state index in [1.54, 1.807) is 23.7 Å². The summed E-state index contributed by atoms with van der Waals surface area (Å²) in [6.45, 7) is 1.06. The van der Waals surface area contributed by atoms with Crippen LogP contribution in [0.2, 0.25) is 0 Å². The summed E-state index contributed by atoms with van der Waals surface area (Å²) in [5, 5.41) is 6.86. The molecule has 6 nitrogen and oxygen atoms in total. The predicted molar refractivity (Wildman–Crippen MR) is 93.1 cm³/mol. The molecule has 1 saturated carbocycles. The van der Waals surface area contributed by atoms with Gasteiger partial charge in [0.15, 0.2) is 5.82 Å². The van der Waals surface area contributed by atoms with Gasteiger partial charge in [0, 0.05) is 37.4 Å². The van der Waals surface area contributed by atoms with Crippen molar-refractivity contribution in [1.82, 2.24) is 20.4 Å². The van der Waals surface area contributed by atoms with Gasteiger partial charge >= 0.3 is 6.03 Å². The van der Waals surface area contributed by atoms with Gasteiger partial charge in [-0.15, -0.1) is 11.8 Å². The third kappa shape index (κ3) is 4.50. The van der Waals surface area contributed by atoms with Crippen molar-refractivity contribution in [3.8, 4) is 0 Å². The van der Waals surface area contributed by atoms with Crippen LogP contribution in [-0.4, -0.2) is 40.9 Å². The highest BCUT2D eigenvalue weighted by Crippen LogP contribution is 2.38. The second kappa shape index (κ2) is 7.70. The Morgan fingerprint density at radius 1 is 1.46 bits per heavy atom. The zero-order chi connectivity index (χ0) is 16.9. The Hall–Kier alpha value is -2.02. The van der Waals surface area contributed by atoms with Gasteiger partial charge in [0.1, 0.15) is 0 Å². The number of nitrogens with one attached hydrogen (secondary N) is 1. The molecule has 7 heteroatoms. The van der Waals surface area contributed by atoms with E-state index in [-0.39, 0.29) is 6.03 Å². The van der Waals surface area contributed by atoms with Crippen LogP contribution in [0.4, 0.5) is 4.79 Å². The average molecular weight is 346 g/mol. The van der Waals surface area contributed by atoms with Crippen molar-refractivity contribution < 1.29 is 9.32 Å². The first-order valence-corrected chi connectivity index (χ1v) is 9.32. The van der Waals surface area contributed by atoms with Crippen LogP contribution in [0.1, 0.15) is 36.0 Å². The van der Waals surface area contributed by atoms with E-state index in [4.69, 9.17) is 4.52 Å². The van der Waals surface area contributed by atoms with Crippen LogP contribution in [-0.2, 0) is 13.0 Å². The highest BCUT2D eigenvalue weighted by atomic mass is 32.2. The lowest BCUT2D eigenvalue weighted by Crippen LogP contribution is -2.37. The molecule has 3 rings (SSSR count). The Morgan fingerprint density at radius 2 is 2.29 bits per heavy atom. The van der Waals surface area contributed by atoms with E-state index in [2.05, 4.69) is 27.6 Å². The lowest BCUT2D eigenvalue weighted by Gasteiger charge is -2.18. The quantitative estimate of drug-likeness (QED) is 0.780. The van der Waals surface area contributed by atoms with Crippen LogP contribution in [0.5, 0.6) is 0 Å². The molecule has 2 aromatic rings. The summed E-state index contributed by atoms with van der Waals surface area (Å²) in [5.74, 6) is 1.88. The fourth-order valence-electron chi connectivity index (χ4n) is 2.40. The lowest BCUT2D eigenvalue weighted by atomic mass is 10.2. The number of hydrogen-bond acceptors (Lipinski definition) is 5. The maximum absolute atomic E-state index is 12.2. The third-order valence-corrected chi connectivity index (χ3v) is 4.67. The number of hydrogen-bond donors (Lipinski definition) is 1. The standard InChI is InChI=1S/C17H22N4O2S/c1-21(11-12-4-3-5-14(10-12)24-2)17(22)18-9-8-15-19-16(20-23-15)13-6-7-13/h3-5,10,13H,6-9,11H2,1-2H3,(H,18,22). The largest absolute Gasteiger partial charge is 0.339 e. The van der Waals surface area contributed by atoms with Crippen LogP contribution in [0.3, 0.4) is 0 Å². The minimum absolute atomic E-state index is 0.105. The molecule has 1 aliphatic rings. The number of urea groups is 1. The molecule has 0 bridgehead atoms. The maximum atomic E-state index is 12.2. The van der Waals surface area contributed by atoms with Gasteiger partial charge in [-0.05, 0) is 36.8 Å². The van der Waals surface area contributed by atoms with Crippen molar-refractivity contribution >= 4 is 17.8 Å². The van der Waals surface area contributed by atoms with Crippen molar-refractivity contribution in [2.45, 2.75) is 36.6 Å². The third-order valence-electron chi connectivity index (χ3n) is 3.94. The molecule has 1 N–H and O–H groups in total. The number of amides is 2. The van der Waals surface area contributed by atoms with E-state index >= 15 is 0 Å². The minimum Gasteiger partial charge on any atom is -0.339 e. The van der Waals surface area contributed by atoms with Gasteiger partial charge in [-0.2, -0.15) is 4.98 Å². The molecule has 0 unspecified atom stereocenters. The van der Waals surface area contributed by atoms with E-state index in [0.717, 1.165) is 24.2 Å². The summed E-state index contributed by atoms with van der Waals surface area (Å²) in [5.41, 5.74) is 1.12. The molecule has 2 amide bonds. The molecule has 0 radical (unpaired) electrons. The maximum Gasteiger partial charge on any atom is 0.317 e. The van der Waals surface area contributed by atoms with Gasteiger partial charge in [0.25, 0.3) is 0 Å². The molecule has 128 valence electrons. The highest BCUT2D eigenvalue weighted by molar-refractivity contribution is 7.98. The second-order valence-electron chi connectivity index (χ2n) is 6.01. The van der Waals surface area contributed by atoms with E-state index in [1.807, 2.05) is 18.4 Å². The predicted octanol–water partition coefficient (Wildman–Crippen LogP) is 3.05. The zero-order valence-electron chi connectivity index (χ0n) is 14.0. The monoisotopic (exact) mass is 346 g/mol. The summed E-state index contributed by atoms with van der Waals surface area (Å²) in [4.78, 5) is 19.4. The summed E-state index contributed by atoms with van der Waals surface area (Å²) >= 11 is 1.70. The summed E-state index contributed by atoms with van der Waals surface area (Å²) in [6, 6.07) is 8.11. The summed E-state index contributed by atoms with van der Waals surface area (Å²) < 4.78 is 5.20. The molecular formula is C17H22N4O2S. The van der Waals surface area contributed by atoms with E-state index < -0.39 is 0 Å². The smallest absolute Gasteiger partial charge is 0.317 e.